The van der Waals surface area contributed by atoms with E-state index in [-0.39, 0.29) is 16.7 Å². The molecule has 1 aromatic heterocycles. The SMILES string of the molecule is Cc1noc(C2CN(CCc3ccc([N+](=O)[O-])cc3)CCN2C)n1. The minimum absolute atomic E-state index is 0.108. The van der Waals surface area contributed by atoms with Crippen LogP contribution in [-0.4, -0.2) is 58.1 Å². The quantitative estimate of drug-likeness (QED) is 0.610. The molecule has 0 bridgehead atoms. The lowest BCUT2D eigenvalue weighted by atomic mass is 10.1. The van der Waals surface area contributed by atoms with Gasteiger partial charge < -0.3 is 4.52 Å². The van der Waals surface area contributed by atoms with Crippen LogP contribution in [0.5, 0.6) is 0 Å². The number of aryl methyl sites for hydroxylation is 1. The molecule has 3 rings (SSSR count). The molecule has 0 N–H and O–H groups in total. The molecule has 128 valence electrons. The van der Waals surface area contributed by atoms with E-state index in [2.05, 4.69) is 27.0 Å². The summed E-state index contributed by atoms with van der Waals surface area (Å²) in [5.74, 6) is 1.32. The van der Waals surface area contributed by atoms with E-state index < -0.39 is 0 Å². The van der Waals surface area contributed by atoms with Crippen LogP contribution in [0.25, 0.3) is 0 Å². The van der Waals surface area contributed by atoms with E-state index in [9.17, 15) is 10.1 Å². The number of aromatic nitrogens is 2. The van der Waals surface area contributed by atoms with Crippen LogP contribution in [0.4, 0.5) is 5.69 Å². The third-order valence-corrected chi connectivity index (χ3v) is 4.42. The lowest BCUT2D eigenvalue weighted by molar-refractivity contribution is -0.384. The smallest absolute Gasteiger partial charge is 0.269 e. The van der Waals surface area contributed by atoms with E-state index in [0.717, 1.165) is 38.2 Å². The van der Waals surface area contributed by atoms with E-state index in [1.54, 1.807) is 12.1 Å². The molecule has 1 unspecified atom stereocenters. The summed E-state index contributed by atoms with van der Waals surface area (Å²) in [4.78, 5) is 19.3. The van der Waals surface area contributed by atoms with Crippen molar-refractivity contribution in [3.8, 4) is 0 Å². The van der Waals surface area contributed by atoms with E-state index in [1.807, 2.05) is 19.1 Å². The van der Waals surface area contributed by atoms with Crippen LogP contribution >= 0.6 is 0 Å². The molecule has 1 aliphatic heterocycles. The molecule has 1 fully saturated rings. The lowest BCUT2D eigenvalue weighted by Gasteiger charge is -2.37. The molecule has 0 amide bonds. The highest BCUT2D eigenvalue weighted by Crippen LogP contribution is 2.23. The van der Waals surface area contributed by atoms with Gasteiger partial charge in [0.05, 0.1) is 4.92 Å². The molecule has 2 aromatic rings. The first kappa shape index (κ1) is 16.5. The largest absolute Gasteiger partial charge is 0.338 e. The third kappa shape index (κ3) is 3.77. The molecule has 0 aliphatic carbocycles. The van der Waals surface area contributed by atoms with Crippen molar-refractivity contribution in [3.63, 3.8) is 0 Å². The molecule has 1 saturated heterocycles. The number of likely N-dealkylation sites (N-methyl/N-ethyl adjacent to an activating group) is 1. The van der Waals surface area contributed by atoms with E-state index in [1.165, 1.54) is 0 Å². The minimum atomic E-state index is -0.374. The van der Waals surface area contributed by atoms with Crippen molar-refractivity contribution in [2.45, 2.75) is 19.4 Å². The number of benzene rings is 1. The van der Waals surface area contributed by atoms with Crippen LogP contribution in [0.15, 0.2) is 28.8 Å². The Morgan fingerprint density at radius 1 is 1.33 bits per heavy atom. The van der Waals surface area contributed by atoms with Gasteiger partial charge in [0.15, 0.2) is 5.82 Å². The van der Waals surface area contributed by atoms with Crippen LogP contribution in [0.1, 0.15) is 23.3 Å². The van der Waals surface area contributed by atoms with Crippen LogP contribution in [-0.2, 0) is 6.42 Å². The summed E-state index contributed by atoms with van der Waals surface area (Å²) in [7, 11) is 2.07. The molecule has 1 atom stereocenters. The molecule has 2 heterocycles. The van der Waals surface area contributed by atoms with Crippen molar-refractivity contribution >= 4 is 5.69 Å². The van der Waals surface area contributed by atoms with Crippen molar-refractivity contribution in [2.75, 3.05) is 33.2 Å². The molecule has 24 heavy (non-hydrogen) atoms. The lowest BCUT2D eigenvalue weighted by Crippen LogP contribution is -2.47. The van der Waals surface area contributed by atoms with E-state index >= 15 is 0 Å². The number of non-ortho nitro benzene ring substituents is 1. The summed E-state index contributed by atoms with van der Waals surface area (Å²) in [6.45, 7) is 5.47. The zero-order valence-electron chi connectivity index (χ0n) is 13.9. The summed E-state index contributed by atoms with van der Waals surface area (Å²) in [6, 6.07) is 6.88. The average Bonchev–Trinajstić information content (AvgIpc) is 3.00. The average molecular weight is 331 g/mol. The van der Waals surface area contributed by atoms with E-state index in [4.69, 9.17) is 4.52 Å². The van der Waals surface area contributed by atoms with Gasteiger partial charge in [-0.25, -0.2) is 0 Å². The van der Waals surface area contributed by atoms with Gasteiger partial charge in [0.1, 0.15) is 6.04 Å². The molecule has 0 spiro atoms. The van der Waals surface area contributed by atoms with Gasteiger partial charge in [0.25, 0.3) is 5.69 Å². The number of rotatable bonds is 5. The highest BCUT2D eigenvalue weighted by molar-refractivity contribution is 5.32. The summed E-state index contributed by atoms with van der Waals surface area (Å²) < 4.78 is 5.33. The van der Waals surface area contributed by atoms with Crippen LogP contribution in [0.3, 0.4) is 0 Å². The minimum Gasteiger partial charge on any atom is -0.338 e. The third-order valence-electron chi connectivity index (χ3n) is 4.42. The molecule has 1 aliphatic rings. The summed E-state index contributed by atoms with van der Waals surface area (Å²) in [6.07, 6.45) is 0.858. The second-order valence-electron chi connectivity index (χ2n) is 6.15. The number of nitro benzene ring substituents is 1. The zero-order valence-corrected chi connectivity index (χ0v) is 13.9. The highest BCUT2D eigenvalue weighted by atomic mass is 16.6. The van der Waals surface area contributed by atoms with Crippen molar-refractivity contribution < 1.29 is 9.45 Å². The van der Waals surface area contributed by atoms with Gasteiger partial charge in [0.2, 0.25) is 5.89 Å². The number of piperazine rings is 1. The molecular weight excluding hydrogens is 310 g/mol. The zero-order chi connectivity index (χ0) is 17.1. The first-order valence-corrected chi connectivity index (χ1v) is 7.99. The van der Waals surface area contributed by atoms with Crippen molar-refractivity contribution in [1.29, 1.82) is 0 Å². The monoisotopic (exact) mass is 331 g/mol. The fourth-order valence-electron chi connectivity index (χ4n) is 2.92. The van der Waals surface area contributed by atoms with Gasteiger partial charge >= 0.3 is 0 Å². The number of hydrogen-bond donors (Lipinski definition) is 0. The number of hydrogen-bond acceptors (Lipinski definition) is 7. The molecule has 8 nitrogen and oxygen atoms in total. The van der Waals surface area contributed by atoms with Crippen LogP contribution < -0.4 is 0 Å². The maximum absolute atomic E-state index is 10.7. The topological polar surface area (TPSA) is 88.5 Å². The van der Waals surface area contributed by atoms with Gasteiger partial charge in [-0.3, -0.25) is 19.9 Å². The van der Waals surface area contributed by atoms with Crippen LogP contribution in [0, 0.1) is 17.0 Å². The second-order valence-corrected chi connectivity index (χ2v) is 6.15. The summed E-state index contributed by atoms with van der Waals surface area (Å²) in [5, 5.41) is 14.6. The van der Waals surface area contributed by atoms with E-state index in [0.29, 0.717) is 11.7 Å². The maximum Gasteiger partial charge on any atom is 0.269 e. The maximum atomic E-state index is 10.7. The Morgan fingerprint density at radius 2 is 2.08 bits per heavy atom. The molecule has 1 aromatic carbocycles. The fraction of sp³-hybridized carbons (Fsp3) is 0.500. The predicted octanol–water partition coefficient (Wildman–Crippen LogP) is 1.82. The Bertz CT molecular complexity index is 700. The first-order chi connectivity index (χ1) is 11.5. The Morgan fingerprint density at radius 3 is 2.71 bits per heavy atom. The fourth-order valence-corrected chi connectivity index (χ4v) is 2.92. The van der Waals surface area contributed by atoms with Gasteiger partial charge in [0, 0.05) is 38.3 Å². The number of nitrogens with zero attached hydrogens (tertiary/aromatic N) is 5. The van der Waals surface area contributed by atoms with Crippen molar-refractivity contribution in [3.05, 3.63) is 51.7 Å². The molecular formula is C16H21N5O3. The second kappa shape index (κ2) is 7.06. The Labute approximate surface area is 140 Å². The van der Waals surface area contributed by atoms with Crippen molar-refractivity contribution in [2.24, 2.45) is 0 Å². The van der Waals surface area contributed by atoms with Gasteiger partial charge in [-0.2, -0.15) is 4.98 Å². The van der Waals surface area contributed by atoms with Gasteiger partial charge in [-0.15, -0.1) is 0 Å². The summed E-state index contributed by atoms with van der Waals surface area (Å²) in [5.41, 5.74) is 1.23. The highest BCUT2D eigenvalue weighted by Gasteiger charge is 2.29. The molecule has 8 heteroatoms. The molecule has 0 radical (unpaired) electrons. The normalized spacial score (nSPS) is 19.5. The standard InChI is InChI=1S/C16H21N5O3/c1-12-17-16(24-18-12)15-11-20(10-9-19(15)2)8-7-13-3-5-14(6-4-13)21(22)23/h3-6,15H,7-11H2,1-2H3. The van der Waals surface area contributed by atoms with Gasteiger partial charge in [-0.1, -0.05) is 17.3 Å². The van der Waals surface area contributed by atoms with Crippen molar-refractivity contribution in [1.82, 2.24) is 19.9 Å². The van der Waals surface area contributed by atoms with Crippen LogP contribution in [0.2, 0.25) is 0 Å². The Hall–Kier alpha value is -2.32. The Balaban J connectivity index is 1.58. The van der Waals surface area contributed by atoms with Gasteiger partial charge in [-0.05, 0) is 26.0 Å². The first-order valence-electron chi connectivity index (χ1n) is 7.99. The number of nitro groups is 1. The molecule has 0 saturated carbocycles. The summed E-state index contributed by atoms with van der Waals surface area (Å²) >= 11 is 0. The Kier molecular flexibility index (Phi) is 4.86. The predicted molar refractivity (Wildman–Crippen MR) is 87.6 cm³/mol.